The topological polar surface area (TPSA) is 17.3 Å². The maximum absolute atomic E-state index is 6.06. The van der Waals surface area contributed by atoms with E-state index in [0.29, 0.717) is 0 Å². The lowest BCUT2D eigenvalue weighted by atomic mass is 9.82. The molecular formula is C20H30BrClN2S. The molecule has 0 amide bonds. The summed E-state index contributed by atoms with van der Waals surface area (Å²) < 4.78 is 2.43. The van der Waals surface area contributed by atoms with E-state index in [1.54, 1.807) is 11.3 Å². The van der Waals surface area contributed by atoms with Crippen molar-refractivity contribution in [1.29, 1.82) is 0 Å². The molecule has 0 bridgehead atoms. The van der Waals surface area contributed by atoms with Gasteiger partial charge in [0.2, 0.25) is 0 Å². The highest BCUT2D eigenvalue weighted by Gasteiger charge is 2.27. The lowest BCUT2D eigenvalue weighted by molar-refractivity contribution is 0.519. The summed E-state index contributed by atoms with van der Waals surface area (Å²) in [6, 6.07) is 8.23. The second-order valence-corrected chi connectivity index (χ2v) is 8.05. The van der Waals surface area contributed by atoms with Crippen LogP contribution < -0.4 is 4.80 Å². The van der Waals surface area contributed by atoms with Crippen molar-refractivity contribution < 1.29 is 0 Å². The van der Waals surface area contributed by atoms with Gasteiger partial charge in [0, 0.05) is 34.6 Å². The summed E-state index contributed by atoms with van der Waals surface area (Å²) >= 11 is 7.84. The van der Waals surface area contributed by atoms with Crippen molar-refractivity contribution in [1.82, 2.24) is 4.57 Å². The summed E-state index contributed by atoms with van der Waals surface area (Å²) in [6.07, 6.45) is 4.72. The first-order valence-corrected chi connectivity index (χ1v) is 10.2. The highest BCUT2D eigenvalue weighted by molar-refractivity contribution is 8.93. The minimum atomic E-state index is -0.0621. The molecule has 25 heavy (non-hydrogen) atoms. The molecule has 0 aliphatic rings. The van der Waals surface area contributed by atoms with Gasteiger partial charge in [-0.05, 0) is 30.5 Å². The summed E-state index contributed by atoms with van der Waals surface area (Å²) in [6.45, 7) is 11.0. The van der Waals surface area contributed by atoms with Crippen LogP contribution in [-0.2, 0) is 12.0 Å². The first kappa shape index (κ1) is 22.5. The number of benzene rings is 1. The largest absolute Gasteiger partial charge is 0.320 e. The number of thiazole rings is 1. The lowest BCUT2D eigenvalue weighted by Gasteiger charge is -2.27. The molecule has 0 N–H and O–H groups in total. The minimum Gasteiger partial charge on any atom is -0.320 e. The highest BCUT2D eigenvalue weighted by Crippen LogP contribution is 2.32. The molecule has 140 valence electrons. The second-order valence-electron chi connectivity index (χ2n) is 6.78. The third-order valence-electron chi connectivity index (χ3n) is 4.50. The molecule has 2 nitrogen and oxygen atoms in total. The van der Waals surface area contributed by atoms with Crippen molar-refractivity contribution in [3.8, 4) is 0 Å². The van der Waals surface area contributed by atoms with Crippen LogP contribution in [0, 0.1) is 0 Å². The molecule has 0 aliphatic carbocycles. The predicted molar refractivity (Wildman–Crippen MR) is 116 cm³/mol. The lowest BCUT2D eigenvalue weighted by Crippen LogP contribution is -2.28. The van der Waals surface area contributed by atoms with Crippen LogP contribution >= 0.6 is 39.9 Å². The highest BCUT2D eigenvalue weighted by atomic mass is 79.9. The monoisotopic (exact) mass is 444 g/mol. The Morgan fingerprint density at radius 3 is 2.32 bits per heavy atom. The fraction of sp³-hybridized carbons (Fsp3) is 0.550. The zero-order chi connectivity index (χ0) is 17.6. The van der Waals surface area contributed by atoms with E-state index < -0.39 is 0 Å². The van der Waals surface area contributed by atoms with Gasteiger partial charge in [0.1, 0.15) is 0 Å². The molecule has 2 aromatic rings. The molecule has 0 saturated carbocycles. The van der Waals surface area contributed by atoms with Crippen molar-refractivity contribution in [3.63, 3.8) is 0 Å². The minimum absolute atomic E-state index is 0. The number of hydrogen-bond donors (Lipinski definition) is 0. The van der Waals surface area contributed by atoms with Gasteiger partial charge in [0.15, 0.2) is 4.80 Å². The molecule has 1 aromatic heterocycles. The first-order chi connectivity index (χ1) is 11.5. The Bertz CT molecular complexity index is 701. The Kier molecular flexibility index (Phi) is 9.47. The molecule has 5 heteroatoms. The van der Waals surface area contributed by atoms with Gasteiger partial charge in [-0.2, -0.15) is 0 Å². The van der Waals surface area contributed by atoms with Crippen molar-refractivity contribution >= 4 is 39.9 Å². The SMILES string of the molecule is Br.CCCCN=c1scc(C(C)(C)c2ccc(Cl)cc2)n1CCCC. The second kappa shape index (κ2) is 10.5. The molecule has 0 spiro atoms. The average molecular weight is 446 g/mol. The van der Waals surface area contributed by atoms with Gasteiger partial charge in [0.25, 0.3) is 0 Å². The van der Waals surface area contributed by atoms with Crippen LogP contribution in [0.1, 0.15) is 64.6 Å². The number of nitrogens with zero attached hydrogens (tertiary/aromatic N) is 2. The molecule has 0 radical (unpaired) electrons. The number of hydrogen-bond acceptors (Lipinski definition) is 2. The molecule has 0 saturated heterocycles. The van der Waals surface area contributed by atoms with Gasteiger partial charge in [-0.3, -0.25) is 4.99 Å². The summed E-state index contributed by atoms with van der Waals surface area (Å²) in [5.74, 6) is 0. The van der Waals surface area contributed by atoms with Crippen LogP contribution in [0.2, 0.25) is 5.02 Å². The summed E-state index contributed by atoms with van der Waals surface area (Å²) in [7, 11) is 0. The fourth-order valence-corrected chi connectivity index (χ4v) is 4.07. The van der Waals surface area contributed by atoms with Crippen molar-refractivity contribution in [3.05, 3.63) is 50.7 Å². The van der Waals surface area contributed by atoms with Crippen LogP contribution in [0.4, 0.5) is 0 Å². The average Bonchev–Trinajstić information content (AvgIpc) is 2.97. The Morgan fingerprint density at radius 1 is 1.08 bits per heavy atom. The van der Waals surface area contributed by atoms with E-state index in [-0.39, 0.29) is 22.4 Å². The van der Waals surface area contributed by atoms with Gasteiger partial charge in [-0.25, -0.2) is 0 Å². The quantitative estimate of drug-likeness (QED) is 0.407. The first-order valence-electron chi connectivity index (χ1n) is 8.96. The zero-order valence-electron chi connectivity index (χ0n) is 15.7. The van der Waals surface area contributed by atoms with E-state index in [2.05, 4.69) is 49.8 Å². The third-order valence-corrected chi connectivity index (χ3v) is 5.65. The van der Waals surface area contributed by atoms with E-state index in [1.165, 1.54) is 30.5 Å². The van der Waals surface area contributed by atoms with Gasteiger partial charge in [0.05, 0.1) is 0 Å². The molecule has 1 aromatic carbocycles. The Balaban J connectivity index is 0.00000312. The fourth-order valence-electron chi connectivity index (χ4n) is 2.83. The van der Waals surface area contributed by atoms with Crippen LogP contribution in [0.25, 0.3) is 0 Å². The van der Waals surface area contributed by atoms with Crippen molar-refractivity contribution in [2.24, 2.45) is 4.99 Å². The Morgan fingerprint density at radius 2 is 1.72 bits per heavy atom. The summed E-state index contributed by atoms with van der Waals surface area (Å²) in [5, 5.41) is 3.07. The summed E-state index contributed by atoms with van der Waals surface area (Å²) in [5.41, 5.74) is 2.57. The van der Waals surface area contributed by atoms with Gasteiger partial charge < -0.3 is 4.57 Å². The normalized spacial score (nSPS) is 12.3. The molecule has 0 atom stereocenters. The number of halogens is 2. The molecular weight excluding hydrogens is 416 g/mol. The van der Waals surface area contributed by atoms with Crippen LogP contribution in [-0.4, -0.2) is 11.1 Å². The molecule has 1 heterocycles. The maximum atomic E-state index is 6.06. The van der Waals surface area contributed by atoms with Crippen LogP contribution in [0.3, 0.4) is 0 Å². The standard InChI is InChI=1S/C20H29ClN2S.BrH/c1-5-7-13-22-19-23(14-8-6-2)18(15-24-19)20(3,4)16-9-11-17(21)12-10-16;/h9-12,15H,5-8,13-14H2,1-4H3;1H. The molecule has 0 unspecified atom stereocenters. The summed E-state index contributed by atoms with van der Waals surface area (Å²) in [4.78, 5) is 6.01. The Hall–Kier alpha value is -0.580. The smallest absolute Gasteiger partial charge is 0.184 e. The molecule has 0 fully saturated rings. The number of aromatic nitrogens is 1. The maximum Gasteiger partial charge on any atom is 0.184 e. The van der Waals surface area contributed by atoms with Gasteiger partial charge >= 0.3 is 0 Å². The van der Waals surface area contributed by atoms with E-state index in [0.717, 1.165) is 29.3 Å². The van der Waals surface area contributed by atoms with E-state index in [1.807, 2.05) is 12.1 Å². The van der Waals surface area contributed by atoms with Crippen molar-refractivity contribution in [2.75, 3.05) is 6.54 Å². The zero-order valence-corrected chi connectivity index (χ0v) is 19.0. The molecule has 2 rings (SSSR count). The van der Waals surface area contributed by atoms with E-state index in [4.69, 9.17) is 16.6 Å². The number of unbranched alkanes of at least 4 members (excludes halogenated alkanes) is 2. The number of rotatable bonds is 8. The molecule has 0 aliphatic heterocycles. The van der Waals surface area contributed by atoms with Crippen LogP contribution in [0.15, 0.2) is 34.6 Å². The van der Waals surface area contributed by atoms with E-state index >= 15 is 0 Å². The Labute approximate surface area is 171 Å². The van der Waals surface area contributed by atoms with E-state index in [9.17, 15) is 0 Å². The van der Waals surface area contributed by atoms with Gasteiger partial charge in [-0.1, -0.05) is 64.3 Å². The van der Waals surface area contributed by atoms with Gasteiger partial charge in [-0.15, -0.1) is 28.3 Å². The predicted octanol–water partition coefficient (Wildman–Crippen LogP) is 6.61. The third kappa shape index (κ3) is 5.70. The van der Waals surface area contributed by atoms with Crippen molar-refractivity contribution in [2.45, 2.75) is 65.3 Å². The van der Waals surface area contributed by atoms with Crippen LogP contribution in [0.5, 0.6) is 0 Å².